The van der Waals surface area contributed by atoms with Crippen LogP contribution in [-0.4, -0.2) is 23.1 Å². The second-order valence-corrected chi connectivity index (χ2v) is 7.75. The first-order valence-corrected chi connectivity index (χ1v) is 8.19. The van der Waals surface area contributed by atoms with Gasteiger partial charge in [0, 0.05) is 30.1 Å². The highest BCUT2D eigenvalue weighted by Crippen LogP contribution is 2.33. The molecular weight excluding hydrogens is 254 g/mol. The van der Waals surface area contributed by atoms with E-state index in [1.165, 1.54) is 24.5 Å². The van der Waals surface area contributed by atoms with Crippen LogP contribution in [0.3, 0.4) is 0 Å². The van der Waals surface area contributed by atoms with Crippen molar-refractivity contribution in [1.82, 2.24) is 10.3 Å². The fourth-order valence-electron chi connectivity index (χ4n) is 1.95. The normalized spacial score (nSPS) is 16.1. The maximum atomic E-state index is 4.80. The molecule has 0 atom stereocenters. The fourth-order valence-corrected chi connectivity index (χ4v) is 2.92. The lowest BCUT2D eigenvalue weighted by molar-refractivity contribution is 0.422. The van der Waals surface area contributed by atoms with Crippen molar-refractivity contribution in [3.63, 3.8) is 0 Å². The van der Waals surface area contributed by atoms with Crippen LogP contribution in [0.5, 0.6) is 0 Å². The molecule has 4 heteroatoms. The van der Waals surface area contributed by atoms with Gasteiger partial charge in [-0.25, -0.2) is 4.98 Å². The molecule has 1 fully saturated rings. The maximum Gasteiger partial charge on any atom is 0.185 e. The van der Waals surface area contributed by atoms with Gasteiger partial charge in [0.25, 0.3) is 0 Å². The van der Waals surface area contributed by atoms with Crippen molar-refractivity contribution >= 4 is 16.5 Å². The van der Waals surface area contributed by atoms with E-state index < -0.39 is 0 Å². The average Bonchev–Trinajstić information content (AvgIpc) is 2.99. The molecule has 1 saturated carbocycles. The van der Waals surface area contributed by atoms with E-state index in [2.05, 4.69) is 50.2 Å². The molecule has 0 amide bonds. The maximum absolute atomic E-state index is 4.80. The molecule has 0 aromatic carbocycles. The Morgan fingerprint density at radius 1 is 1.42 bits per heavy atom. The Kier molecular flexibility index (Phi) is 4.51. The van der Waals surface area contributed by atoms with E-state index in [9.17, 15) is 0 Å². The molecule has 0 aliphatic heterocycles. The smallest absolute Gasteiger partial charge is 0.185 e. The van der Waals surface area contributed by atoms with E-state index in [0.29, 0.717) is 6.04 Å². The van der Waals surface area contributed by atoms with Gasteiger partial charge < -0.3 is 10.2 Å². The van der Waals surface area contributed by atoms with Crippen molar-refractivity contribution in [3.05, 3.63) is 11.1 Å². The predicted octanol–water partition coefficient (Wildman–Crippen LogP) is 3.66. The quantitative estimate of drug-likeness (QED) is 0.862. The molecule has 1 aliphatic rings. The molecule has 1 aromatic heterocycles. The first kappa shape index (κ1) is 14.8. The lowest BCUT2D eigenvalue weighted by atomic mass is 10.1. The zero-order chi connectivity index (χ0) is 14.0. The number of anilines is 1. The lowest BCUT2D eigenvalue weighted by Crippen LogP contribution is -2.35. The number of nitrogens with one attached hydrogen (secondary N) is 1. The number of hydrogen-bond donors (Lipinski definition) is 1. The lowest BCUT2D eigenvalue weighted by Gasteiger charge is -2.26. The minimum absolute atomic E-state index is 0.148. The second-order valence-electron chi connectivity index (χ2n) is 6.91. The third-order valence-corrected chi connectivity index (χ3v) is 4.29. The Morgan fingerprint density at radius 2 is 2.11 bits per heavy atom. The van der Waals surface area contributed by atoms with Gasteiger partial charge >= 0.3 is 0 Å². The van der Waals surface area contributed by atoms with Crippen LogP contribution >= 0.6 is 11.3 Å². The van der Waals surface area contributed by atoms with Gasteiger partial charge in [0.05, 0.1) is 5.69 Å². The van der Waals surface area contributed by atoms with Crippen molar-refractivity contribution in [2.45, 2.75) is 65.6 Å². The van der Waals surface area contributed by atoms with Crippen LogP contribution in [0.25, 0.3) is 0 Å². The summed E-state index contributed by atoms with van der Waals surface area (Å²) in [6.07, 6.45) is 2.79. The van der Waals surface area contributed by atoms with Gasteiger partial charge in [-0.3, -0.25) is 0 Å². The number of thiazole rings is 1. The molecule has 0 spiro atoms. The third-order valence-electron chi connectivity index (χ3n) is 3.36. The molecule has 0 saturated heterocycles. The molecule has 0 bridgehead atoms. The first-order valence-electron chi connectivity index (χ1n) is 7.31. The second kappa shape index (κ2) is 5.80. The van der Waals surface area contributed by atoms with Gasteiger partial charge in [0.1, 0.15) is 0 Å². The van der Waals surface area contributed by atoms with E-state index in [1.54, 1.807) is 11.3 Å². The van der Waals surface area contributed by atoms with Crippen LogP contribution in [0.4, 0.5) is 5.13 Å². The molecule has 3 nitrogen and oxygen atoms in total. The molecule has 0 radical (unpaired) electrons. The van der Waals surface area contributed by atoms with Gasteiger partial charge in [0.15, 0.2) is 5.13 Å². The van der Waals surface area contributed by atoms with Gasteiger partial charge in [0.2, 0.25) is 0 Å². The van der Waals surface area contributed by atoms with E-state index in [0.717, 1.165) is 18.2 Å². The Hall–Kier alpha value is -0.610. The summed E-state index contributed by atoms with van der Waals surface area (Å²) in [4.78, 5) is 7.26. The SMILES string of the molecule is CC(C)N(CC1CC1)c1nc(CNC(C)(C)C)cs1. The largest absolute Gasteiger partial charge is 0.345 e. The molecule has 0 unspecified atom stereocenters. The summed E-state index contributed by atoms with van der Waals surface area (Å²) in [7, 11) is 0. The van der Waals surface area contributed by atoms with Crippen LogP contribution in [0, 0.1) is 5.92 Å². The summed E-state index contributed by atoms with van der Waals surface area (Å²) in [5.74, 6) is 0.905. The summed E-state index contributed by atoms with van der Waals surface area (Å²) in [6, 6.07) is 0.537. The van der Waals surface area contributed by atoms with E-state index in [4.69, 9.17) is 4.98 Å². The van der Waals surface area contributed by atoms with Crippen LogP contribution in [0.15, 0.2) is 5.38 Å². The number of hydrogen-bond acceptors (Lipinski definition) is 4. The highest BCUT2D eigenvalue weighted by molar-refractivity contribution is 7.13. The number of rotatable bonds is 6. The fraction of sp³-hybridized carbons (Fsp3) is 0.800. The minimum Gasteiger partial charge on any atom is -0.345 e. The Balaban J connectivity index is 1.97. The van der Waals surface area contributed by atoms with E-state index in [1.807, 2.05) is 0 Å². The molecule has 1 aromatic rings. The molecule has 19 heavy (non-hydrogen) atoms. The highest BCUT2D eigenvalue weighted by atomic mass is 32.1. The topological polar surface area (TPSA) is 28.2 Å². The molecule has 1 heterocycles. The zero-order valence-electron chi connectivity index (χ0n) is 12.9. The molecule has 2 rings (SSSR count). The minimum atomic E-state index is 0.148. The van der Waals surface area contributed by atoms with Gasteiger partial charge in [-0.2, -0.15) is 0 Å². The first-order chi connectivity index (χ1) is 8.85. The summed E-state index contributed by atoms with van der Waals surface area (Å²) in [5.41, 5.74) is 1.31. The number of nitrogens with zero attached hydrogens (tertiary/aromatic N) is 2. The van der Waals surface area contributed by atoms with Crippen LogP contribution < -0.4 is 10.2 Å². The zero-order valence-corrected chi connectivity index (χ0v) is 13.7. The van der Waals surface area contributed by atoms with E-state index in [-0.39, 0.29) is 5.54 Å². The Labute approximate surface area is 121 Å². The monoisotopic (exact) mass is 281 g/mol. The van der Waals surface area contributed by atoms with Crippen molar-refractivity contribution in [2.24, 2.45) is 5.92 Å². The third kappa shape index (κ3) is 4.77. The standard InChI is InChI=1S/C15H27N3S/c1-11(2)18(9-12-6-7-12)14-17-13(10-19-14)8-16-15(3,4)5/h10-12,16H,6-9H2,1-5H3. The predicted molar refractivity (Wildman–Crippen MR) is 83.9 cm³/mol. The van der Waals surface area contributed by atoms with Gasteiger partial charge in [-0.05, 0) is 53.4 Å². The summed E-state index contributed by atoms with van der Waals surface area (Å²) in [5, 5.41) is 6.88. The molecule has 108 valence electrons. The van der Waals surface area contributed by atoms with Crippen LogP contribution in [0.1, 0.15) is 53.2 Å². The summed E-state index contributed by atoms with van der Waals surface area (Å²) < 4.78 is 0. The van der Waals surface area contributed by atoms with Crippen molar-refractivity contribution in [1.29, 1.82) is 0 Å². The van der Waals surface area contributed by atoms with Crippen LogP contribution in [-0.2, 0) is 6.54 Å². The van der Waals surface area contributed by atoms with Crippen molar-refractivity contribution in [2.75, 3.05) is 11.4 Å². The van der Waals surface area contributed by atoms with Crippen molar-refractivity contribution in [3.8, 4) is 0 Å². The molecule has 1 aliphatic carbocycles. The van der Waals surface area contributed by atoms with E-state index >= 15 is 0 Å². The van der Waals surface area contributed by atoms with Crippen LogP contribution in [0.2, 0.25) is 0 Å². The average molecular weight is 281 g/mol. The number of aromatic nitrogens is 1. The van der Waals surface area contributed by atoms with Crippen molar-refractivity contribution < 1.29 is 0 Å². The van der Waals surface area contributed by atoms with Gasteiger partial charge in [-0.1, -0.05) is 0 Å². The molecule has 1 N–H and O–H groups in total. The summed E-state index contributed by atoms with van der Waals surface area (Å²) in [6.45, 7) is 13.1. The highest BCUT2D eigenvalue weighted by Gasteiger charge is 2.27. The summed E-state index contributed by atoms with van der Waals surface area (Å²) >= 11 is 1.78. The molecular formula is C15H27N3S. The Bertz CT molecular complexity index is 402. The Morgan fingerprint density at radius 3 is 2.63 bits per heavy atom. The van der Waals surface area contributed by atoms with Gasteiger partial charge in [-0.15, -0.1) is 11.3 Å².